The fraction of sp³-hybridized carbons (Fsp3) is 0.516. The first kappa shape index (κ1) is 32.0. The Hall–Kier alpha value is -2.99. The number of cyclic esters (lactones) is 1. The zero-order valence-corrected chi connectivity index (χ0v) is 23.3. The molecule has 0 aromatic carbocycles. The molecule has 0 saturated heterocycles. The normalized spacial score (nSPS) is 21.6. The quantitative estimate of drug-likeness (QED) is 0.164. The van der Waals surface area contributed by atoms with E-state index in [2.05, 4.69) is 19.1 Å². The van der Waals surface area contributed by atoms with E-state index in [-0.39, 0.29) is 29.7 Å². The lowest BCUT2D eigenvalue weighted by Crippen LogP contribution is -2.34. The van der Waals surface area contributed by atoms with E-state index in [0.717, 1.165) is 23.6 Å². The largest absolute Gasteiger partial charge is 0.478 e. The summed E-state index contributed by atoms with van der Waals surface area (Å²) in [4.78, 5) is 35.0. The third-order valence-electron chi connectivity index (χ3n) is 6.42. The summed E-state index contributed by atoms with van der Waals surface area (Å²) >= 11 is 0. The summed E-state index contributed by atoms with van der Waals surface area (Å²) in [5.74, 6) is -2.16. The second kappa shape index (κ2) is 16.0. The Morgan fingerprint density at radius 2 is 1.73 bits per heavy atom. The van der Waals surface area contributed by atoms with Crippen molar-refractivity contribution in [3.05, 3.63) is 71.4 Å². The van der Waals surface area contributed by atoms with Crippen LogP contribution < -0.4 is 0 Å². The highest BCUT2D eigenvalue weighted by atomic mass is 16.5. The third-order valence-corrected chi connectivity index (χ3v) is 6.42. The van der Waals surface area contributed by atoms with Crippen molar-refractivity contribution in [1.82, 2.24) is 0 Å². The summed E-state index contributed by atoms with van der Waals surface area (Å²) < 4.78 is 5.23. The Kier molecular flexibility index (Phi) is 13.8. The number of hydrogen-bond donors (Lipinski definition) is 2. The van der Waals surface area contributed by atoms with Gasteiger partial charge in [-0.15, -0.1) is 0 Å². The van der Waals surface area contributed by atoms with Gasteiger partial charge in [0.05, 0.1) is 6.10 Å². The Balaban J connectivity index is 2.60. The fourth-order valence-corrected chi connectivity index (χ4v) is 4.46. The molecule has 0 amide bonds. The number of Topliss-reactive ketones (excluding diaryl/α,β-unsaturated/α-hetero) is 1. The molecule has 1 rings (SSSR count). The Morgan fingerprint density at radius 3 is 2.35 bits per heavy atom. The van der Waals surface area contributed by atoms with Gasteiger partial charge in [0, 0.05) is 30.4 Å². The summed E-state index contributed by atoms with van der Waals surface area (Å²) in [5, 5.41) is 19.5. The van der Waals surface area contributed by atoms with E-state index >= 15 is 0 Å². The average Bonchev–Trinajstić information content (AvgIpc) is 2.80. The molecule has 0 bridgehead atoms. The molecule has 6 atom stereocenters. The molecule has 1 aliphatic rings. The standard InChI is InChI=1S/C31H44O6/c1-20(16-22(3)14-15-27-12-9-13-29(34)37-27)10-8-11-21(2)17-24(5)30(35)26(7)31(36)25(6)18-23(4)19-28(32)33/h8-9,11,13-17,19-20,24-27,31,36H,10,12,18H2,1-7H3,(H,32,33)/b11-8+,15-14+,21-17+,22-16+,23-19+/t20-,24+,25+,26-,27-,31+/m0/s1. The predicted octanol–water partition coefficient (Wildman–Crippen LogP) is 6.15. The van der Waals surface area contributed by atoms with E-state index in [1.54, 1.807) is 13.8 Å². The molecule has 0 saturated carbocycles. The third kappa shape index (κ3) is 12.7. The summed E-state index contributed by atoms with van der Waals surface area (Å²) in [6, 6.07) is 0. The maximum absolute atomic E-state index is 12.9. The summed E-state index contributed by atoms with van der Waals surface area (Å²) in [5.41, 5.74) is 2.75. The molecular weight excluding hydrogens is 468 g/mol. The molecule has 204 valence electrons. The molecule has 6 nitrogen and oxygen atoms in total. The van der Waals surface area contributed by atoms with Gasteiger partial charge in [0.25, 0.3) is 0 Å². The monoisotopic (exact) mass is 512 g/mol. The van der Waals surface area contributed by atoms with Crippen molar-refractivity contribution < 1.29 is 29.3 Å². The number of ketones is 1. The van der Waals surface area contributed by atoms with Crippen LogP contribution in [0.15, 0.2) is 71.4 Å². The minimum Gasteiger partial charge on any atom is -0.478 e. The molecule has 0 aliphatic carbocycles. The average molecular weight is 513 g/mol. The lowest BCUT2D eigenvalue weighted by molar-refractivity contribution is -0.141. The summed E-state index contributed by atoms with van der Waals surface area (Å²) in [7, 11) is 0. The smallest absolute Gasteiger partial charge is 0.331 e. The van der Waals surface area contributed by atoms with Gasteiger partial charge in [-0.1, -0.05) is 80.9 Å². The van der Waals surface area contributed by atoms with Crippen molar-refractivity contribution in [2.75, 3.05) is 0 Å². The second-order valence-electron chi connectivity index (χ2n) is 10.4. The van der Waals surface area contributed by atoms with Crippen molar-refractivity contribution in [2.24, 2.45) is 23.7 Å². The number of esters is 1. The second-order valence-corrected chi connectivity index (χ2v) is 10.4. The van der Waals surface area contributed by atoms with E-state index in [9.17, 15) is 19.5 Å². The van der Waals surface area contributed by atoms with Gasteiger partial charge in [-0.3, -0.25) is 4.79 Å². The van der Waals surface area contributed by atoms with Crippen LogP contribution in [-0.4, -0.2) is 40.1 Å². The van der Waals surface area contributed by atoms with Crippen molar-refractivity contribution in [3.8, 4) is 0 Å². The number of rotatable bonds is 14. The number of carbonyl (C=O) groups excluding carboxylic acids is 2. The highest BCUT2D eigenvalue weighted by molar-refractivity contribution is 5.85. The van der Waals surface area contributed by atoms with Crippen molar-refractivity contribution in [1.29, 1.82) is 0 Å². The number of allylic oxidation sites excluding steroid dienone is 8. The molecule has 0 aromatic heterocycles. The molecule has 0 radical (unpaired) electrons. The van der Waals surface area contributed by atoms with Crippen LogP contribution in [0.4, 0.5) is 0 Å². The zero-order chi connectivity index (χ0) is 28.1. The number of aliphatic hydroxyl groups excluding tert-OH is 1. The van der Waals surface area contributed by atoms with Gasteiger partial charge in [-0.25, -0.2) is 9.59 Å². The van der Waals surface area contributed by atoms with Crippen LogP contribution in [0.5, 0.6) is 0 Å². The topological polar surface area (TPSA) is 101 Å². The number of aliphatic hydroxyl groups is 1. The lowest BCUT2D eigenvalue weighted by atomic mass is 9.83. The van der Waals surface area contributed by atoms with Crippen molar-refractivity contribution in [2.45, 2.75) is 79.9 Å². The van der Waals surface area contributed by atoms with E-state index < -0.39 is 18.0 Å². The molecule has 1 aliphatic heterocycles. The first-order valence-electron chi connectivity index (χ1n) is 13.0. The summed E-state index contributed by atoms with van der Waals surface area (Å²) in [6.07, 6.45) is 17.4. The van der Waals surface area contributed by atoms with E-state index in [1.807, 2.05) is 58.1 Å². The molecule has 1 heterocycles. The number of hydrogen-bond acceptors (Lipinski definition) is 5. The molecule has 0 unspecified atom stereocenters. The molecule has 0 aromatic rings. The number of carboxylic acid groups (broad SMARTS) is 1. The molecule has 0 spiro atoms. The Labute approximate surface area is 222 Å². The van der Waals surface area contributed by atoms with Crippen LogP contribution in [0.25, 0.3) is 0 Å². The number of carboxylic acids is 1. The number of carbonyl (C=O) groups is 3. The van der Waals surface area contributed by atoms with Crippen molar-refractivity contribution in [3.63, 3.8) is 0 Å². The molecule has 2 N–H and O–H groups in total. The zero-order valence-electron chi connectivity index (χ0n) is 23.3. The SMILES string of the molecule is CC(/C=C/[C@@H]1CC=CC(=O)O1)=C\[C@@H](C)C/C=C/C(C)=C/[C@@H](C)C(=O)[C@H](C)[C@H](O)[C@H](C)C/C(C)=C/C(=O)O. The predicted molar refractivity (Wildman–Crippen MR) is 148 cm³/mol. The van der Waals surface area contributed by atoms with Crippen LogP contribution in [0.3, 0.4) is 0 Å². The molecule has 0 fully saturated rings. The van der Waals surface area contributed by atoms with Gasteiger partial charge in [-0.2, -0.15) is 0 Å². The van der Waals surface area contributed by atoms with Gasteiger partial charge in [0.15, 0.2) is 0 Å². The van der Waals surface area contributed by atoms with Crippen LogP contribution in [-0.2, 0) is 19.1 Å². The van der Waals surface area contributed by atoms with Crippen molar-refractivity contribution >= 4 is 17.7 Å². The van der Waals surface area contributed by atoms with E-state index in [0.29, 0.717) is 24.3 Å². The van der Waals surface area contributed by atoms with Gasteiger partial charge in [-0.05, 0) is 51.5 Å². The molecule has 37 heavy (non-hydrogen) atoms. The highest BCUT2D eigenvalue weighted by Crippen LogP contribution is 2.24. The number of aliphatic carboxylic acids is 1. The maximum Gasteiger partial charge on any atom is 0.331 e. The van der Waals surface area contributed by atoms with Gasteiger partial charge in [0.2, 0.25) is 0 Å². The minimum absolute atomic E-state index is 0.0372. The van der Waals surface area contributed by atoms with Gasteiger partial charge < -0.3 is 14.9 Å². The van der Waals surface area contributed by atoms with E-state index in [4.69, 9.17) is 9.84 Å². The first-order chi connectivity index (χ1) is 17.3. The van der Waals surface area contributed by atoms with Crippen LogP contribution in [0.2, 0.25) is 0 Å². The van der Waals surface area contributed by atoms with Crippen LogP contribution in [0, 0.1) is 23.7 Å². The fourth-order valence-electron chi connectivity index (χ4n) is 4.46. The van der Waals surface area contributed by atoms with Crippen LogP contribution in [0.1, 0.15) is 67.7 Å². The maximum atomic E-state index is 12.9. The van der Waals surface area contributed by atoms with Gasteiger partial charge in [0.1, 0.15) is 11.9 Å². The Morgan fingerprint density at radius 1 is 1.08 bits per heavy atom. The van der Waals surface area contributed by atoms with Gasteiger partial charge >= 0.3 is 11.9 Å². The van der Waals surface area contributed by atoms with E-state index in [1.165, 1.54) is 6.08 Å². The Bertz CT molecular complexity index is 978. The number of ether oxygens (including phenoxy) is 1. The first-order valence-corrected chi connectivity index (χ1v) is 13.0. The summed E-state index contributed by atoms with van der Waals surface area (Å²) in [6.45, 7) is 13.2. The molecular formula is C31H44O6. The highest BCUT2D eigenvalue weighted by Gasteiger charge is 2.29. The lowest BCUT2D eigenvalue weighted by Gasteiger charge is -2.25. The van der Waals surface area contributed by atoms with Crippen LogP contribution >= 0.6 is 0 Å². The minimum atomic E-state index is -1.01. The molecule has 6 heteroatoms.